The molecule has 0 spiro atoms. The van der Waals surface area contributed by atoms with Gasteiger partial charge < -0.3 is 9.73 Å². The van der Waals surface area contributed by atoms with Gasteiger partial charge in [0.2, 0.25) is 0 Å². The Morgan fingerprint density at radius 1 is 1.48 bits per heavy atom. The molecule has 0 aliphatic heterocycles. The Bertz CT molecular complexity index is 761. The summed E-state index contributed by atoms with van der Waals surface area (Å²) in [5.41, 5.74) is 1.63. The van der Waals surface area contributed by atoms with Crippen LogP contribution in [0.15, 0.2) is 41.0 Å². The highest BCUT2D eigenvalue weighted by atomic mass is 35.5. The van der Waals surface area contributed by atoms with Gasteiger partial charge in [0, 0.05) is 7.05 Å². The maximum Gasteiger partial charge on any atom is 0.261 e. The fourth-order valence-electron chi connectivity index (χ4n) is 1.96. The van der Waals surface area contributed by atoms with Crippen LogP contribution in [0, 0.1) is 0 Å². The molecule has 0 saturated heterocycles. The van der Waals surface area contributed by atoms with E-state index in [0.29, 0.717) is 15.8 Å². The highest BCUT2D eigenvalue weighted by Gasteiger charge is 2.12. The van der Waals surface area contributed by atoms with Gasteiger partial charge in [-0.3, -0.25) is 9.48 Å². The van der Waals surface area contributed by atoms with E-state index in [1.807, 2.05) is 25.2 Å². The summed E-state index contributed by atoms with van der Waals surface area (Å²) in [5, 5.41) is 7.18. The minimum atomic E-state index is -0.155. The lowest BCUT2D eigenvalue weighted by atomic mass is 10.3. The molecular formula is C14H12ClN3O2S. The van der Waals surface area contributed by atoms with Crippen LogP contribution < -0.4 is 5.32 Å². The van der Waals surface area contributed by atoms with Gasteiger partial charge in [0.25, 0.3) is 5.91 Å². The topological polar surface area (TPSA) is 60.1 Å². The van der Waals surface area contributed by atoms with Crippen LogP contribution >= 0.6 is 22.9 Å². The highest BCUT2D eigenvalue weighted by molar-refractivity contribution is 7.17. The lowest BCUT2D eigenvalue weighted by Crippen LogP contribution is -2.22. The van der Waals surface area contributed by atoms with Crippen LogP contribution in [0.25, 0.3) is 11.5 Å². The number of halogens is 1. The molecule has 0 aromatic carbocycles. The minimum absolute atomic E-state index is 0.155. The van der Waals surface area contributed by atoms with Crippen molar-refractivity contribution in [2.75, 3.05) is 0 Å². The summed E-state index contributed by atoms with van der Waals surface area (Å²) in [4.78, 5) is 12.5. The van der Waals surface area contributed by atoms with Crippen LogP contribution in [0.4, 0.5) is 0 Å². The van der Waals surface area contributed by atoms with Crippen molar-refractivity contribution >= 4 is 28.8 Å². The molecule has 0 radical (unpaired) electrons. The van der Waals surface area contributed by atoms with Gasteiger partial charge in [-0.2, -0.15) is 5.10 Å². The monoisotopic (exact) mass is 321 g/mol. The lowest BCUT2D eigenvalue weighted by Gasteiger charge is -1.99. The second kappa shape index (κ2) is 5.75. The first kappa shape index (κ1) is 13.9. The second-order valence-corrected chi connectivity index (χ2v) is 6.12. The SMILES string of the molecule is Cn1nc(CNC(=O)c2ccc(Cl)s2)cc1-c1ccco1. The number of amides is 1. The van der Waals surface area contributed by atoms with Crippen molar-refractivity contribution in [3.05, 3.63) is 51.5 Å². The number of thiophene rings is 1. The fourth-order valence-corrected chi connectivity index (χ4v) is 2.92. The molecule has 5 nitrogen and oxygen atoms in total. The number of nitrogens with zero attached hydrogens (tertiary/aromatic N) is 2. The summed E-state index contributed by atoms with van der Waals surface area (Å²) in [6.45, 7) is 0.350. The standard InChI is InChI=1S/C14H12ClN3O2S/c1-18-10(11-3-2-6-20-11)7-9(17-18)8-16-14(19)12-4-5-13(15)21-12/h2-7H,8H2,1H3,(H,16,19). The van der Waals surface area contributed by atoms with Gasteiger partial charge in [0.05, 0.1) is 27.7 Å². The van der Waals surface area contributed by atoms with Crippen molar-refractivity contribution in [3.8, 4) is 11.5 Å². The number of carbonyl (C=O) groups is 1. The molecule has 0 saturated carbocycles. The van der Waals surface area contributed by atoms with Crippen molar-refractivity contribution in [2.24, 2.45) is 7.05 Å². The largest absolute Gasteiger partial charge is 0.463 e. The number of furan rings is 1. The Labute approximate surface area is 130 Å². The van der Waals surface area contributed by atoms with E-state index in [1.54, 1.807) is 23.1 Å². The van der Waals surface area contributed by atoms with E-state index in [-0.39, 0.29) is 5.91 Å². The van der Waals surface area contributed by atoms with Gasteiger partial charge in [-0.05, 0) is 30.3 Å². The average Bonchev–Trinajstić information content (AvgIpc) is 3.16. The predicted octanol–water partition coefficient (Wildman–Crippen LogP) is 3.33. The Morgan fingerprint density at radius 3 is 3.00 bits per heavy atom. The third-order valence-electron chi connectivity index (χ3n) is 2.93. The Hall–Kier alpha value is -2.05. The van der Waals surface area contributed by atoms with Gasteiger partial charge >= 0.3 is 0 Å². The third kappa shape index (κ3) is 3.01. The smallest absolute Gasteiger partial charge is 0.261 e. The van der Waals surface area contributed by atoms with Crippen LogP contribution in [-0.2, 0) is 13.6 Å². The molecule has 0 aliphatic carbocycles. The molecule has 0 bridgehead atoms. The fraction of sp³-hybridized carbons (Fsp3) is 0.143. The lowest BCUT2D eigenvalue weighted by molar-refractivity contribution is 0.0954. The second-order valence-electron chi connectivity index (χ2n) is 4.41. The normalized spacial score (nSPS) is 10.8. The number of aryl methyl sites for hydroxylation is 1. The molecule has 21 heavy (non-hydrogen) atoms. The van der Waals surface area contributed by atoms with Gasteiger partial charge in [0.1, 0.15) is 5.69 Å². The zero-order chi connectivity index (χ0) is 14.8. The quantitative estimate of drug-likeness (QED) is 0.802. The van der Waals surface area contributed by atoms with E-state index in [2.05, 4.69) is 10.4 Å². The van der Waals surface area contributed by atoms with Gasteiger partial charge in [-0.15, -0.1) is 11.3 Å². The van der Waals surface area contributed by atoms with Crippen LogP contribution in [0.5, 0.6) is 0 Å². The van der Waals surface area contributed by atoms with Gasteiger partial charge in [0.15, 0.2) is 5.76 Å². The molecular weight excluding hydrogens is 310 g/mol. The van der Waals surface area contributed by atoms with E-state index in [9.17, 15) is 4.79 Å². The molecule has 7 heteroatoms. The zero-order valence-electron chi connectivity index (χ0n) is 11.2. The molecule has 1 N–H and O–H groups in total. The summed E-state index contributed by atoms with van der Waals surface area (Å²) >= 11 is 7.07. The molecule has 1 amide bonds. The first-order valence-corrected chi connectivity index (χ1v) is 7.43. The molecule has 108 valence electrons. The van der Waals surface area contributed by atoms with Crippen LogP contribution in [0.3, 0.4) is 0 Å². The number of nitrogens with one attached hydrogen (secondary N) is 1. The van der Waals surface area contributed by atoms with E-state index < -0.39 is 0 Å². The number of hydrogen-bond acceptors (Lipinski definition) is 4. The van der Waals surface area contributed by atoms with Crippen LogP contribution in [0.2, 0.25) is 4.34 Å². The van der Waals surface area contributed by atoms with E-state index in [1.165, 1.54) is 11.3 Å². The van der Waals surface area contributed by atoms with E-state index in [0.717, 1.165) is 17.1 Å². The molecule has 3 heterocycles. The molecule has 0 fully saturated rings. The predicted molar refractivity (Wildman–Crippen MR) is 81.4 cm³/mol. The summed E-state index contributed by atoms with van der Waals surface area (Å²) in [6, 6.07) is 8.99. The van der Waals surface area contributed by atoms with Crippen molar-refractivity contribution in [1.29, 1.82) is 0 Å². The maximum atomic E-state index is 11.9. The van der Waals surface area contributed by atoms with Gasteiger partial charge in [-0.25, -0.2) is 0 Å². The average molecular weight is 322 g/mol. The molecule has 3 aromatic rings. The van der Waals surface area contributed by atoms with E-state index >= 15 is 0 Å². The first-order chi connectivity index (χ1) is 10.1. The minimum Gasteiger partial charge on any atom is -0.463 e. The van der Waals surface area contributed by atoms with Crippen molar-refractivity contribution < 1.29 is 9.21 Å². The van der Waals surface area contributed by atoms with Crippen LogP contribution in [-0.4, -0.2) is 15.7 Å². The molecule has 0 atom stereocenters. The Balaban J connectivity index is 1.69. The molecule has 3 rings (SSSR count). The number of carbonyl (C=O) groups excluding carboxylic acids is 1. The summed E-state index contributed by atoms with van der Waals surface area (Å²) in [6.07, 6.45) is 1.62. The third-order valence-corrected chi connectivity index (χ3v) is 4.16. The summed E-state index contributed by atoms with van der Waals surface area (Å²) < 4.78 is 7.67. The maximum absolute atomic E-state index is 11.9. The molecule has 3 aromatic heterocycles. The van der Waals surface area contributed by atoms with Crippen LogP contribution in [0.1, 0.15) is 15.4 Å². The zero-order valence-corrected chi connectivity index (χ0v) is 12.7. The number of hydrogen-bond donors (Lipinski definition) is 1. The summed E-state index contributed by atoms with van der Waals surface area (Å²) in [5.74, 6) is 0.588. The Morgan fingerprint density at radius 2 is 2.33 bits per heavy atom. The highest BCUT2D eigenvalue weighted by Crippen LogP contribution is 2.22. The van der Waals surface area contributed by atoms with Crippen molar-refractivity contribution in [1.82, 2.24) is 15.1 Å². The van der Waals surface area contributed by atoms with Gasteiger partial charge in [-0.1, -0.05) is 11.6 Å². The number of aromatic nitrogens is 2. The van der Waals surface area contributed by atoms with E-state index in [4.69, 9.17) is 16.0 Å². The molecule has 0 aliphatic rings. The summed E-state index contributed by atoms with van der Waals surface area (Å²) in [7, 11) is 1.84. The van der Waals surface area contributed by atoms with Crippen molar-refractivity contribution in [3.63, 3.8) is 0 Å². The molecule has 0 unspecified atom stereocenters. The first-order valence-electron chi connectivity index (χ1n) is 6.24. The number of rotatable bonds is 4. The van der Waals surface area contributed by atoms with Crippen molar-refractivity contribution in [2.45, 2.75) is 6.54 Å². The Kier molecular flexibility index (Phi) is 3.81.